The molecule has 1 heterocycles. The van der Waals surface area contributed by atoms with Crippen LogP contribution < -0.4 is 0 Å². The van der Waals surface area contributed by atoms with Crippen molar-refractivity contribution in [2.45, 2.75) is 23.6 Å². The molecule has 2 fully saturated rings. The molecule has 8 heteroatoms. The number of fused-ring (bicyclic) bond motifs is 1. The van der Waals surface area contributed by atoms with Crippen LogP contribution in [0.1, 0.15) is 13.3 Å². The van der Waals surface area contributed by atoms with Gasteiger partial charge in [0.1, 0.15) is 5.03 Å². The standard InChI is InChI=1S/C11H13N3O4S/c1-11(10(17)18)2-4(19-5-3-12-14-13-5)6-7(8(6)11)9(15)16/h3-4,6-8H,2H2,1H3,(H,15,16)(H,17,18)(H,12,13,14)/t4-,6-,7-,8-,11+/m0/s1. The highest BCUT2D eigenvalue weighted by Crippen LogP contribution is 2.69. The molecule has 3 rings (SSSR count). The molecule has 102 valence electrons. The number of aliphatic carboxylic acids is 2. The third-order valence-electron chi connectivity index (χ3n) is 4.31. The van der Waals surface area contributed by atoms with E-state index >= 15 is 0 Å². The van der Waals surface area contributed by atoms with Crippen molar-refractivity contribution in [3.05, 3.63) is 6.20 Å². The Hall–Kier alpha value is -1.57. The molecule has 5 atom stereocenters. The van der Waals surface area contributed by atoms with Gasteiger partial charge in [0.05, 0.1) is 17.5 Å². The topological polar surface area (TPSA) is 116 Å². The van der Waals surface area contributed by atoms with E-state index in [0.29, 0.717) is 11.4 Å². The second-order valence-corrected chi connectivity index (χ2v) is 6.62. The highest BCUT2D eigenvalue weighted by Gasteiger charge is 2.73. The molecule has 0 radical (unpaired) electrons. The van der Waals surface area contributed by atoms with Crippen molar-refractivity contribution in [2.24, 2.45) is 23.2 Å². The third kappa shape index (κ3) is 1.73. The van der Waals surface area contributed by atoms with Gasteiger partial charge in [0.2, 0.25) is 0 Å². The first-order valence-corrected chi connectivity index (χ1v) is 6.82. The number of aromatic nitrogens is 3. The number of aromatic amines is 1. The number of nitrogens with zero attached hydrogens (tertiary/aromatic N) is 2. The monoisotopic (exact) mass is 283 g/mol. The second-order valence-electron chi connectivity index (χ2n) is 5.36. The molecule has 2 saturated carbocycles. The molecule has 7 nitrogen and oxygen atoms in total. The fourth-order valence-electron chi connectivity index (χ4n) is 3.38. The van der Waals surface area contributed by atoms with Crippen LogP contribution in [0.15, 0.2) is 11.2 Å². The van der Waals surface area contributed by atoms with E-state index in [-0.39, 0.29) is 17.1 Å². The lowest BCUT2D eigenvalue weighted by Crippen LogP contribution is -2.31. The van der Waals surface area contributed by atoms with Crippen molar-refractivity contribution >= 4 is 23.7 Å². The highest BCUT2D eigenvalue weighted by atomic mass is 32.2. The molecule has 2 aliphatic rings. The largest absolute Gasteiger partial charge is 0.481 e. The molecule has 19 heavy (non-hydrogen) atoms. The number of rotatable bonds is 4. The summed E-state index contributed by atoms with van der Waals surface area (Å²) in [6, 6.07) is 0. The number of H-pyrrole nitrogens is 1. The molecule has 0 unspecified atom stereocenters. The minimum Gasteiger partial charge on any atom is -0.481 e. The van der Waals surface area contributed by atoms with Gasteiger partial charge >= 0.3 is 11.9 Å². The Bertz CT molecular complexity index is 534. The van der Waals surface area contributed by atoms with Crippen molar-refractivity contribution in [3.8, 4) is 0 Å². The van der Waals surface area contributed by atoms with Crippen LogP contribution in [0.5, 0.6) is 0 Å². The predicted octanol–water partition coefficient (Wildman–Crippen LogP) is 0.707. The maximum Gasteiger partial charge on any atom is 0.309 e. The maximum absolute atomic E-state index is 11.4. The number of carbonyl (C=O) groups is 2. The van der Waals surface area contributed by atoms with Crippen LogP contribution in [0.3, 0.4) is 0 Å². The zero-order valence-electron chi connectivity index (χ0n) is 10.1. The average Bonchev–Trinajstić information content (AvgIpc) is 2.77. The molecular weight excluding hydrogens is 270 g/mol. The van der Waals surface area contributed by atoms with Gasteiger partial charge in [0.15, 0.2) is 0 Å². The Morgan fingerprint density at radius 2 is 2.26 bits per heavy atom. The van der Waals surface area contributed by atoms with Crippen molar-refractivity contribution < 1.29 is 19.8 Å². The maximum atomic E-state index is 11.4. The van der Waals surface area contributed by atoms with E-state index in [1.807, 2.05) is 0 Å². The van der Waals surface area contributed by atoms with E-state index in [1.54, 1.807) is 13.1 Å². The lowest BCUT2D eigenvalue weighted by atomic mass is 9.83. The zero-order valence-corrected chi connectivity index (χ0v) is 10.9. The lowest BCUT2D eigenvalue weighted by molar-refractivity contribution is -0.150. The van der Waals surface area contributed by atoms with Crippen molar-refractivity contribution in [1.29, 1.82) is 0 Å². The molecule has 2 aliphatic carbocycles. The number of hydrogen-bond acceptors (Lipinski definition) is 5. The van der Waals surface area contributed by atoms with E-state index in [4.69, 9.17) is 0 Å². The van der Waals surface area contributed by atoms with Gasteiger partial charge in [-0.05, 0) is 25.2 Å². The van der Waals surface area contributed by atoms with Crippen LogP contribution in [-0.2, 0) is 9.59 Å². The molecule has 3 N–H and O–H groups in total. The number of carboxylic acids is 2. The molecule has 1 aromatic heterocycles. The van der Waals surface area contributed by atoms with Gasteiger partial charge in [-0.1, -0.05) is 17.0 Å². The number of nitrogens with one attached hydrogen (secondary N) is 1. The Morgan fingerprint density at radius 1 is 1.53 bits per heavy atom. The number of hydrogen-bond donors (Lipinski definition) is 3. The Labute approximate surface area is 112 Å². The minimum atomic E-state index is -0.949. The van der Waals surface area contributed by atoms with Gasteiger partial charge in [-0.3, -0.25) is 14.7 Å². The summed E-state index contributed by atoms with van der Waals surface area (Å²) >= 11 is 1.42. The van der Waals surface area contributed by atoms with Crippen molar-refractivity contribution in [2.75, 3.05) is 0 Å². The number of carboxylic acid groups (broad SMARTS) is 2. The Balaban J connectivity index is 1.84. The summed E-state index contributed by atoms with van der Waals surface area (Å²) in [4.78, 5) is 22.6. The molecule has 0 spiro atoms. The smallest absolute Gasteiger partial charge is 0.309 e. The van der Waals surface area contributed by atoms with Crippen LogP contribution in [0.2, 0.25) is 0 Å². The van der Waals surface area contributed by atoms with E-state index in [1.165, 1.54) is 11.8 Å². The van der Waals surface area contributed by atoms with Gasteiger partial charge in [0, 0.05) is 5.25 Å². The summed E-state index contributed by atoms with van der Waals surface area (Å²) in [7, 11) is 0. The molecule has 0 amide bonds. The fourth-order valence-corrected chi connectivity index (χ4v) is 4.82. The van der Waals surface area contributed by atoms with E-state index < -0.39 is 23.3 Å². The quantitative estimate of drug-likeness (QED) is 0.745. The second kappa shape index (κ2) is 3.96. The average molecular weight is 283 g/mol. The molecule has 0 aromatic carbocycles. The Morgan fingerprint density at radius 3 is 2.79 bits per heavy atom. The van der Waals surface area contributed by atoms with Gasteiger partial charge in [0.25, 0.3) is 0 Å². The first-order valence-electron chi connectivity index (χ1n) is 5.94. The fraction of sp³-hybridized carbons (Fsp3) is 0.636. The lowest BCUT2D eigenvalue weighted by Gasteiger charge is -2.23. The molecule has 1 aromatic rings. The van der Waals surface area contributed by atoms with Crippen LogP contribution in [0, 0.1) is 23.2 Å². The summed E-state index contributed by atoms with van der Waals surface area (Å²) in [5, 5.41) is 29.3. The first kappa shape index (κ1) is 12.5. The molecular formula is C11H13N3O4S. The van der Waals surface area contributed by atoms with E-state index in [0.717, 1.165) is 0 Å². The van der Waals surface area contributed by atoms with E-state index in [9.17, 15) is 19.8 Å². The van der Waals surface area contributed by atoms with E-state index in [2.05, 4.69) is 15.4 Å². The molecule has 0 aliphatic heterocycles. The van der Waals surface area contributed by atoms with Gasteiger partial charge in [-0.2, -0.15) is 0 Å². The summed E-state index contributed by atoms with van der Waals surface area (Å²) in [5.41, 5.74) is -0.949. The van der Waals surface area contributed by atoms with Crippen molar-refractivity contribution in [3.63, 3.8) is 0 Å². The normalized spacial score (nSPS) is 39.8. The molecule has 0 saturated heterocycles. The SMILES string of the molecule is C[C@@]1(C(=O)O)C[C@H](Sc2c[nH]nn2)[C@H]2[C@H](C(=O)O)[C@H]21. The van der Waals surface area contributed by atoms with Crippen LogP contribution >= 0.6 is 11.8 Å². The summed E-state index contributed by atoms with van der Waals surface area (Å²) in [5.74, 6) is -2.70. The third-order valence-corrected chi connectivity index (χ3v) is 5.53. The zero-order chi connectivity index (χ0) is 13.8. The van der Waals surface area contributed by atoms with Crippen LogP contribution in [-0.4, -0.2) is 42.8 Å². The summed E-state index contributed by atoms with van der Waals surface area (Å²) < 4.78 is 0. The van der Waals surface area contributed by atoms with Gasteiger partial charge < -0.3 is 10.2 Å². The van der Waals surface area contributed by atoms with Crippen LogP contribution in [0.25, 0.3) is 0 Å². The Kier molecular flexibility index (Phi) is 2.60. The van der Waals surface area contributed by atoms with Crippen molar-refractivity contribution in [1.82, 2.24) is 15.4 Å². The summed E-state index contributed by atoms with van der Waals surface area (Å²) in [6.07, 6.45) is 2.10. The van der Waals surface area contributed by atoms with Gasteiger partial charge in [-0.25, -0.2) is 0 Å². The summed E-state index contributed by atoms with van der Waals surface area (Å²) in [6.45, 7) is 1.65. The number of thioether (sulfide) groups is 1. The highest BCUT2D eigenvalue weighted by molar-refractivity contribution is 7.99. The predicted molar refractivity (Wildman–Crippen MR) is 64.5 cm³/mol. The first-order chi connectivity index (χ1) is 8.95. The van der Waals surface area contributed by atoms with Gasteiger partial charge in [-0.15, -0.1) is 5.10 Å². The minimum absolute atomic E-state index is 0.0303. The molecule has 0 bridgehead atoms. The van der Waals surface area contributed by atoms with Crippen LogP contribution in [0.4, 0.5) is 0 Å².